The molecular formula is C31H26N4O3S. The van der Waals surface area contributed by atoms with Crippen molar-refractivity contribution in [2.75, 3.05) is 11.1 Å². The summed E-state index contributed by atoms with van der Waals surface area (Å²) in [6, 6.07) is 31.2. The monoisotopic (exact) mass is 534 g/mol. The number of anilines is 1. The van der Waals surface area contributed by atoms with Gasteiger partial charge in [-0.05, 0) is 61.0 Å². The van der Waals surface area contributed by atoms with E-state index in [1.165, 1.54) is 11.8 Å². The lowest BCUT2D eigenvalue weighted by atomic mass is 10.1. The standard InChI is InChI=1S/C31H26N4O3S/c1-21-11-17-25(18-12-21)35-30(38)26-9-5-6-10-27(26)34-31(35)39-20-28(36)33-24-15-13-23(14-16-24)29(37)32-19-22-7-3-2-4-8-22/h2-18H,19-20H2,1H3,(H,32,37)(H,33,36). The number of hydrogen-bond donors (Lipinski definition) is 2. The molecular weight excluding hydrogens is 508 g/mol. The van der Waals surface area contributed by atoms with E-state index in [2.05, 4.69) is 15.6 Å². The third-order valence-electron chi connectivity index (χ3n) is 6.10. The van der Waals surface area contributed by atoms with Crippen molar-refractivity contribution in [1.29, 1.82) is 0 Å². The third-order valence-corrected chi connectivity index (χ3v) is 7.03. The van der Waals surface area contributed by atoms with Gasteiger partial charge in [0.1, 0.15) is 0 Å². The lowest BCUT2D eigenvalue weighted by molar-refractivity contribution is -0.113. The van der Waals surface area contributed by atoms with Gasteiger partial charge < -0.3 is 10.6 Å². The Morgan fingerprint density at radius 2 is 1.54 bits per heavy atom. The van der Waals surface area contributed by atoms with Crippen LogP contribution in [0.15, 0.2) is 113 Å². The first-order valence-corrected chi connectivity index (χ1v) is 13.4. The highest BCUT2D eigenvalue weighted by Gasteiger charge is 2.15. The van der Waals surface area contributed by atoms with Crippen LogP contribution >= 0.6 is 11.8 Å². The van der Waals surface area contributed by atoms with Gasteiger partial charge in [0.2, 0.25) is 5.91 Å². The van der Waals surface area contributed by atoms with Crippen molar-refractivity contribution < 1.29 is 9.59 Å². The molecule has 0 spiro atoms. The summed E-state index contributed by atoms with van der Waals surface area (Å²) in [5, 5.41) is 6.68. The van der Waals surface area contributed by atoms with Crippen molar-refractivity contribution in [2.24, 2.45) is 0 Å². The third kappa shape index (κ3) is 6.25. The molecule has 0 saturated heterocycles. The van der Waals surface area contributed by atoms with Gasteiger partial charge in [-0.3, -0.25) is 19.0 Å². The smallest absolute Gasteiger partial charge is 0.266 e. The van der Waals surface area contributed by atoms with Crippen LogP contribution in [0, 0.1) is 6.92 Å². The predicted molar refractivity (Wildman–Crippen MR) is 155 cm³/mol. The normalized spacial score (nSPS) is 10.8. The zero-order chi connectivity index (χ0) is 27.2. The van der Waals surface area contributed by atoms with Crippen LogP contribution in [0.25, 0.3) is 16.6 Å². The van der Waals surface area contributed by atoms with Gasteiger partial charge >= 0.3 is 0 Å². The van der Waals surface area contributed by atoms with Gasteiger partial charge in [-0.15, -0.1) is 0 Å². The lowest BCUT2D eigenvalue weighted by Gasteiger charge is -2.13. The molecule has 2 amide bonds. The minimum absolute atomic E-state index is 0.0515. The van der Waals surface area contributed by atoms with E-state index < -0.39 is 0 Å². The predicted octanol–water partition coefficient (Wildman–Crippen LogP) is 5.35. The minimum atomic E-state index is -0.251. The quantitative estimate of drug-likeness (QED) is 0.207. The van der Waals surface area contributed by atoms with Crippen LogP contribution in [-0.4, -0.2) is 27.1 Å². The molecule has 0 aliphatic rings. The zero-order valence-electron chi connectivity index (χ0n) is 21.3. The Morgan fingerprint density at radius 3 is 2.28 bits per heavy atom. The Morgan fingerprint density at radius 1 is 0.846 bits per heavy atom. The number of benzene rings is 4. The Kier molecular flexibility index (Phi) is 7.84. The number of carbonyl (C=O) groups excluding carboxylic acids is 2. The molecule has 0 aliphatic heterocycles. The second kappa shape index (κ2) is 11.8. The number of thioether (sulfide) groups is 1. The van der Waals surface area contributed by atoms with Crippen LogP contribution in [0.4, 0.5) is 5.69 Å². The summed E-state index contributed by atoms with van der Waals surface area (Å²) in [7, 11) is 0. The maximum absolute atomic E-state index is 13.4. The number of nitrogens with zero attached hydrogens (tertiary/aromatic N) is 2. The number of carbonyl (C=O) groups is 2. The average Bonchev–Trinajstić information content (AvgIpc) is 2.96. The maximum atomic E-state index is 13.4. The molecule has 0 fully saturated rings. The fourth-order valence-corrected chi connectivity index (χ4v) is 4.86. The number of aromatic nitrogens is 2. The number of hydrogen-bond acceptors (Lipinski definition) is 5. The molecule has 0 atom stereocenters. The fraction of sp³-hybridized carbons (Fsp3) is 0.0968. The highest BCUT2D eigenvalue weighted by molar-refractivity contribution is 7.99. The summed E-state index contributed by atoms with van der Waals surface area (Å²) >= 11 is 1.19. The highest BCUT2D eigenvalue weighted by Crippen LogP contribution is 2.22. The zero-order valence-corrected chi connectivity index (χ0v) is 22.1. The van der Waals surface area contributed by atoms with Crippen LogP contribution < -0.4 is 16.2 Å². The number of rotatable bonds is 8. The molecule has 0 aliphatic carbocycles. The lowest BCUT2D eigenvalue weighted by Crippen LogP contribution is -2.23. The summed E-state index contributed by atoms with van der Waals surface area (Å²) in [5.41, 5.74) is 4.24. The Bertz CT molecular complexity index is 1680. The number of amides is 2. The average molecular weight is 535 g/mol. The van der Waals surface area contributed by atoms with Crippen molar-refractivity contribution in [3.05, 3.63) is 130 Å². The first kappa shape index (κ1) is 25.9. The number of para-hydroxylation sites is 1. The van der Waals surface area contributed by atoms with Crippen LogP contribution in [0.1, 0.15) is 21.5 Å². The Labute approximate surface area is 229 Å². The highest BCUT2D eigenvalue weighted by atomic mass is 32.2. The molecule has 39 heavy (non-hydrogen) atoms. The van der Waals surface area contributed by atoms with E-state index in [9.17, 15) is 14.4 Å². The molecule has 8 heteroatoms. The summed E-state index contributed by atoms with van der Waals surface area (Å²) in [6.45, 7) is 2.42. The van der Waals surface area contributed by atoms with Gasteiger partial charge in [-0.25, -0.2) is 4.98 Å². The van der Waals surface area contributed by atoms with E-state index in [0.29, 0.717) is 39.5 Å². The Balaban J connectivity index is 1.26. The molecule has 0 unspecified atom stereocenters. The van der Waals surface area contributed by atoms with E-state index in [-0.39, 0.29) is 23.1 Å². The van der Waals surface area contributed by atoms with Gasteiger partial charge in [-0.2, -0.15) is 0 Å². The van der Waals surface area contributed by atoms with Gasteiger partial charge in [0.25, 0.3) is 11.5 Å². The van der Waals surface area contributed by atoms with Crippen LogP contribution in [0.3, 0.4) is 0 Å². The number of nitrogens with one attached hydrogen (secondary N) is 2. The van der Waals surface area contributed by atoms with Gasteiger partial charge in [0.05, 0.1) is 22.3 Å². The molecule has 7 nitrogen and oxygen atoms in total. The van der Waals surface area contributed by atoms with Crippen molar-refractivity contribution in [2.45, 2.75) is 18.6 Å². The largest absolute Gasteiger partial charge is 0.348 e. The second-order valence-corrected chi connectivity index (χ2v) is 9.91. The molecule has 0 bridgehead atoms. The molecule has 1 heterocycles. The Hall–Kier alpha value is -4.69. The first-order valence-electron chi connectivity index (χ1n) is 12.4. The van der Waals surface area contributed by atoms with Crippen molar-refractivity contribution in [3.63, 3.8) is 0 Å². The summed E-state index contributed by atoms with van der Waals surface area (Å²) in [6.07, 6.45) is 0. The van der Waals surface area contributed by atoms with Crippen LogP contribution in [0.5, 0.6) is 0 Å². The van der Waals surface area contributed by atoms with E-state index in [4.69, 9.17) is 0 Å². The summed E-state index contributed by atoms with van der Waals surface area (Å²) < 4.78 is 1.54. The minimum Gasteiger partial charge on any atom is -0.348 e. The first-order chi connectivity index (χ1) is 19.0. The SMILES string of the molecule is Cc1ccc(-n2c(SCC(=O)Nc3ccc(C(=O)NCc4ccccc4)cc3)nc3ccccc3c2=O)cc1. The summed E-state index contributed by atoms with van der Waals surface area (Å²) in [5.74, 6) is -0.390. The van der Waals surface area contributed by atoms with Crippen molar-refractivity contribution >= 4 is 40.2 Å². The molecule has 1 aromatic heterocycles. The van der Waals surface area contributed by atoms with E-state index >= 15 is 0 Å². The van der Waals surface area contributed by atoms with Crippen molar-refractivity contribution in [3.8, 4) is 5.69 Å². The van der Waals surface area contributed by atoms with Crippen molar-refractivity contribution in [1.82, 2.24) is 14.9 Å². The number of fused-ring (bicyclic) bond motifs is 1. The van der Waals surface area contributed by atoms with E-state index in [0.717, 1.165) is 11.1 Å². The summed E-state index contributed by atoms with van der Waals surface area (Å²) in [4.78, 5) is 43.3. The molecule has 5 aromatic rings. The molecule has 5 rings (SSSR count). The molecule has 2 N–H and O–H groups in total. The maximum Gasteiger partial charge on any atom is 0.266 e. The van der Waals surface area contributed by atoms with Gasteiger partial charge in [-0.1, -0.05) is 71.9 Å². The van der Waals surface area contributed by atoms with E-state index in [1.54, 1.807) is 41.0 Å². The molecule has 0 saturated carbocycles. The van der Waals surface area contributed by atoms with Crippen LogP contribution in [0.2, 0.25) is 0 Å². The topological polar surface area (TPSA) is 93.1 Å². The van der Waals surface area contributed by atoms with Gasteiger partial charge in [0.15, 0.2) is 5.16 Å². The number of aryl methyl sites for hydroxylation is 1. The van der Waals surface area contributed by atoms with Crippen LogP contribution in [-0.2, 0) is 11.3 Å². The van der Waals surface area contributed by atoms with Gasteiger partial charge in [0, 0.05) is 17.8 Å². The van der Waals surface area contributed by atoms with E-state index in [1.807, 2.05) is 73.7 Å². The second-order valence-electron chi connectivity index (χ2n) is 8.97. The molecule has 194 valence electrons. The molecule has 4 aromatic carbocycles. The fourth-order valence-electron chi connectivity index (χ4n) is 4.04. The molecule has 0 radical (unpaired) electrons.